The topological polar surface area (TPSA) is 92.5 Å². The zero-order chi connectivity index (χ0) is 16.2. The summed E-state index contributed by atoms with van der Waals surface area (Å²) in [6.07, 6.45) is 1.91. The van der Waals surface area contributed by atoms with Gasteiger partial charge in [-0.1, -0.05) is 18.2 Å². The van der Waals surface area contributed by atoms with Crippen LogP contribution in [0.4, 0.5) is 0 Å². The first-order valence-corrected chi connectivity index (χ1v) is 8.97. The van der Waals surface area contributed by atoms with Crippen molar-refractivity contribution in [3.05, 3.63) is 30.3 Å². The first kappa shape index (κ1) is 16.9. The van der Waals surface area contributed by atoms with Gasteiger partial charge in [0.25, 0.3) is 0 Å². The molecule has 1 aliphatic rings. The van der Waals surface area contributed by atoms with Crippen molar-refractivity contribution in [1.82, 2.24) is 9.62 Å². The number of nitrogens with one attached hydrogen (secondary N) is 1. The Kier molecular flexibility index (Phi) is 5.55. The van der Waals surface area contributed by atoms with Crippen LogP contribution in [-0.2, 0) is 14.8 Å². The Morgan fingerprint density at radius 3 is 2.73 bits per heavy atom. The molecule has 1 amide bonds. The van der Waals surface area contributed by atoms with E-state index in [2.05, 4.69) is 5.32 Å². The largest absolute Gasteiger partial charge is 0.355 e. The van der Waals surface area contributed by atoms with Gasteiger partial charge in [-0.3, -0.25) is 4.79 Å². The second-order valence-corrected chi connectivity index (χ2v) is 7.53. The number of sulfonamides is 1. The lowest BCUT2D eigenvalue weighted by atomic mass is 10.2. The summed E-state index contributed by atoms with van der Waals surface area (Å²) in [7, 11) is -3.63. The Bertz CT molecular complexity index is 602. The van der Waals surface area contributed by atoms with E-state index in [0.29, 0.717) is 32.4 Å². The molecule has 1 heterocycles. The first-order chi connectivity index (χ1) is 10.4. The summed E-state index contributed by atoms with van der Waals surface area (Å²) >= 11 is 0. The predicted molar refractivity (Wildman–Crippen MR) is 84.6 cm³/mol. The second kappa shape index (κ2) is 7.21. The molecule has 6 nitrogen and oxygen atoms in total. The molecule has 0 saturated carbocycles. The molecule has 1 aliphatic heterocycles. The number of hydrogen-bond acceptors (Lipinski definition) is 4. The molecule has 0 radical (unpaired) electrons. The molecule has 0 aromatic heterocycles. The lowest BCUT2D eigenvalue weighted by molar-refractivity contribution is -0.124. The quantitative estimate of drug-likeness (QED) is 0.805. The molecule has 1 saturated heterocycles. The van der Waals surface area contributed by atoms with E-state index in [1.54, 1.807) is 30.3 Å². The van der Waals surface area contributed by atoms with Crippen LogP contribution in [0.3, 0.4) is 0 Å². The van der Waals surface area contributed by atoms with Crippen molar-refractivity contribution < 1.29 is 13.2 Å². The molecule has 22 heavy (non-hydrogen) atoms. The standard InChI is InChI=1S/C15H23N3O3S/c1-12(16)9-10-17-15(19)14-8-5-11-18(14)22(20,21)13-6-3-2-4-7-13/h2-4,6-7,12,14H,5,8-11,16H2,1H3,(H,17,19). The molecule has 2 atom stereocenters. The highest BCUT2D eigenvalue weighted by molar-refractivity contribution is 7.89. The molecule has 1 aromatic rings. The predicted octanol–water partition coefficient (Wildman–Crippen LogP) is 0.693. The lowest BCUT2D eigenvalue weighted by Gasteiger charge is -2.23. The third-order valence-corrected chi connectivity index (χ3v) is 5.68. The number of nitrogens with zero attached hydrogens (tertiary/aromatic N) is 1. The van der Waals surface area contributed by atoms with Gasteiger partial charge in [0.15, 0.2) is 0 Å². The Morgan fingerprint density at radius 2 is 2.09 bits per heavy atom. The Labute approximate surface area is 131 Å². The van der Waals surface area contributed by atoms with Gasteiger partial charge in [0.05, 0.1) is 4.90 Å². The molecule has 1 aromatic carbocycles. The summed E-state index contributed by atoms with van der Waals surface area (Å²) in [4.78, 5) is 12.5. The summed E-state index contributed by atoms with van der Waals surface area (Å²) in [5.74, 6) is -0.238. The number of carbonyl (C=O) groups is 1. The van der Waals surface area contributed by atoms with Gasteiger partial charge < -0.3 is 11.1 Å². The molecular weight excluding hydrogens is 302 g/mol. The summed E-state index contributed by atoms with van der Waals surface area (Å²) in [6, 6.07) is 7.62. The van der Waals surface area contributed by atoms with Crippen molar-refractivity contribution in [3.8, 4) is 0 Å². The van der Waals surface area contributed by atoms with Gasteiger partial charge >= 0.3 is 0 Å². The van der Waals surface area contributed by atoms with Crippen LogP contribution < -0.4 is 11.1 Å². The van der Waals surface area contributed by atoms with E-state index in [4.69, 9.17) is 5.73 Å². The smallest absolute Gasteiger partial charge is 0.243 e. The van der Waals surface area contributed by atoms with Crippen LogP contribution in [0, 0.1) is 0 Å². The third-order valence-electron chi connectivity index (χ3n) is 3.76. The minimum atomic E-state index is -3.63. The number of rotatable bonds is 6. The summed E-state index contributed by atoms with van der Waals surface area (Å²) < 4.78 is 26.6. The average molecular weight is 325 g/mol. The first-order valence-electron chi connectivity index (χ1n) is 7.53. The maximum atomic E-state index is 12.7. The third kappa shape index (κ3) is 3.85. The molecule has 2 unspecified atom stereocenters. The molecule has 7 heteroatoms. The Balaban J connectivity index is 2.09. The van der Waals surface area contributed by atoms with Crippen molar-refractivity contribution in [3.63, 3.8) is 0 Å². The summed E-state index contributed by atoms with van der Waals surface area (Å²) in [5, 5.41) is 2.78. The van der Waals surface area contributed by atoms with Crippen LogP contribution in [0.25, 0.3) is 0 Å². The van der Waals surface area contributed by atoms with Crippen molar-refractivity contribution in [2.75, 3.05) is 13.1 Å². The van der Waals surface area contributed by atoms with Gasteiger partial charge in [-0.05, 0) is 38.3 Å². The Hall–Kier alpha value is -1.44. The molecule has 0 spiro atoms. The van der Waals surface area contributed by atoms with Crippen LogP contribution in [0.2, 0.25) is 0 Å². The van der Waals surface area contributed by atoms with Gasteiger partial charge in [-0.15, -0.1) is 0 Å². The molecule has 122 valence electrons. The number of benzene rings is 1. The monoisotopic (exact) mass is 325 g/mol. The summed E-state index contributed by atoms with van der Waals surface area (Å²) in [5.41, 5.74) is 5.65. The van der Waals surface area contributed by atoms with E-state index in [1.165, 1.54) is 4.31 Å². The van der Waals surface area contributed by atoms with Crippen LogP contribution in [0.1, 0.15) is 26.2 Å². The highest BCUT2D eigenvalue weighted by Gasteiger charge is 2.39. The minimum Gasteiger partial charge on any atom is -0.355 e. The van der Waals surface area contributed by atoms with E-state index in [1.807, 2.05) is 6.92 Å². The van der Waals surface area contributed by atoms with Crippen molar-refractivity contribution in [2.45, 2.75) is 43.2 Å². The van der Waals surface area contributed by atoms with Gasteiger partial charge in [0.2, 0.25) is 15.9 Å². The summed E-state index contributed by atoms with van der Waals surface area (Å²) in [6.45, 7) is 2.71. The van der Waals surface area contributed by atoms with Gasteiger partial charge in [0, 0.05) is 19.1 Å². The molecule has 0 bridgehead atoms. The maximum absolute atomic E-state index is 12.7. The Morgan fingerprint density at radius 1 is 1.41 bits per heavy atom. The van der Waals surface area contributed by atoms with Crippen molar-refractivity contribution in [1.29, 1.82) is 0 Å². The number of hydrogen-bond donors (Lipinski definition) is 2. The minimum absolute atomic E-state index is 0.00744. The lowest BCUT2D eigenvalue weighted by Crippen LogP contribution is -2.46. The van der Waals surface area contributed by atoms with E-state index < -0.39 is 16.1 Å². The highest BCUT2D eigenvalue weighted by Crippen LogP contribution is 2.26. The van der Waals surface area contributed by atoms with Gasteiger partial charge in [0.1, 0.15) is 6.04 Å². The van der Waals surface area contributed by atoms with Crippen molar-refractivity contribution in [2.24, 2.45) is 5.73 Å². The van der Waals surface area contributed by atoms with Crippen LogP contribution in [-0.4, -0.2) is 43.8 Å². The second-order valence-electron chi connectivity index (χ2n) is 5.64. The fourth-order valence-electron chi connectivity index (χ4n) is 2.56. The molecule has 2 rings (SSSR count). The van der Waals surface area contributed by atoms with E-state index in [0.717, 1.165) is 0 Å². The fraction of sp³-hybridized carbons (Fsp3) is 0.533. The van der Waals surface area contributed by atoms with Crippen LogP contribution in [0.15, 0.2) is 35.2 Å². The molecule has 3 N–H and O–H groups in total. The molecular formula is C15H23N3O3S. The van der Waals surface area contributed by atoms with E-state index in [-0.39, 0.29) is 16.8 Å². The van der Waals surface area contributed by atoms with E-state index >= 15 is 0 Å². The highest BCUT2D eigenvalue weighted by atomic mass is 32.2. The van der Waals surface area contributed by atoms with E-state index in [9.17, 15) is 13.2 Å². The zero-order valence-corrected chi connectivity index (χ0v) is 13.6. The molecule has 1 fully saturated rings. The maximum Gasteiger partial charge on any atom is 0.243 e. The van der Waals surface area contributed by atoms with Crippen LogP contribution >= 0.6 is 0 Å². The van der Waals surface area contributed by atoms with Gasteiger partial charge in [-0.25, -0.2) is 8.42 Å². The van der Waals surface area contributed by atoms with Gasteiger partial charge in [-0.2, -0.15) is 4.31 Å². The van der Waals surface area contributed by atoms with Crippen molar-refractivity contribution >= 4 is 15.9 Å². The SMILES string of the molecule is CC(N)CCNC(=O)C1CCCN1S(=O)(=O)c1ccccc1. The normalized spacial score (nSPS) is 20.7. The number of amides is 1. The van der Waals surface area contributed by atoms with Crippen LogP contribution in [0.5, 0.6) is 0 Å². The number of nitrogens with two attached hydrogens (primary N) is 1. The average Bonchev–Trinajstić information content (AvgIpc) is 2.98. The fourth-order valence-corrected chi connectivity index (χ4v) is 4.24. The zero-order valence-electron chi connectivity index (χ0n) is 12.7. The molecule has 0 aliphatic carbocycles. The number of carbonyl (C=O) groups excluding carboxylic acids is 1.